The summed E-state index contributed by atoms with van der Waals surface area (Å²) in [7, 11) is 3.57. The van der Waals surface area contributed by atoms with E-state index in [1.54, 1.807) is 7.11 Å². The van der Waals surface area contributed by atoms with Gasteiger partial charge in [0.25, 0.3) is 5.91 Å². The van der Waals surface area contributed by atoms with E-state index in [1.807, 2.05) is 30.7 Å². The van der Waals surface area contributed by atoms with E-state index in [0.29, 0.717) is 23.8 Å². The molecule has 0 saturated carbocycles. The second-order valence-corrected chi connectivity index (χ2v) is 5.95. The molecule has 1 rings (SSSR count). The van der Waals surface area contributed by atoms with Crippen molar-refractivity contribution in [3.8, 4) is 0 Å². The molecule has 7 heteroatoms. The van der Waals surface area contributed by atoms with Crippen LogP contribution >= 0.6 is 11.3 Å². The fourth-order valence-electron chi connectivity index (χ4n) is 1.83. The monoisotopic (exact) mass is 314 g/mol. The molecule has 0 saturated heterocycles. The maximum atomic E-state index is 12.7. The first kappa shape index (κ1) is 17.7. The third kappa shape index (κ3) is 4.31. The van der Waals surface area contributed by atoms with Crippen LogP contribution in [0.2, 0.25) is 0 Å². The molecule has 1 amide bonds. The summed E-state index contributed by atoms with van der Waals surface area (Å²) >= 11 is 1.35. The second-order valence-electron chi connectivity index (χ2n) is 4.97. The molecule has 21 heavy (non-hydrogen) atoms. The molecule has 0 aromatic carbocycles. The van der Waals surface area contributed by atoms with Gasteiger partial charge in [-0.15, -0.1) is 0 Å². The Kier molecular flexibility index (Phi) is 6.91. The van der Waals surface area contributed by atoms with E-state index < -0.39 is 0 Å². The first-order chi connectivity index (χ1) is 9.96. The molecule has 1 heterocycles. The number of rotatable bonds is 8. The number of hydrogen-bond donors (Lipinski definition) is 1. The molecule has 0 fully saturated rings. The lowest BCUT2D eigenvalue weighted by atomic mass is 10.2. The minimum Gasteiger partial charge on any atom is -0.383 e. The summed E-state index contributed by atoms with van der Waals surface area (Å²) in [6.07, 6.45) is 0.885. The fraction of sp³-hybridized carbons (Fsp3) is 0.714. The number of hydrogen-bond acceptors (Lipinski definition) is 6. The Bertz CT molecular complexity index is 464. The number of nitrogen functional groups attached to an aromatic ring is 1. The number of methoxy groups -OCH3 is 1. The molecule has 0 radical (unpaired) electrons. The second kappa shape index (κ2) is 8.19. The molecule has 1 unspecified atom stereocenters. The van der Waals surface area contributed by atoms with Gasteiger partial charge in [-0.05, 0) is 20.3 Å². The standard InChI is InChI=1S/C14H26N4O2S/c1-6-10(3)18(8-9-20-5)13(19)11-12(15)16-14(21-11)17(4)7-2/h10H,6-9,15H2,1-5H3. The number of aromatic nitrogens is 1. The summed E-state index contributed by atoms with van der Waals surface area (Å²) in [4.78, 5) is 21.3. The van der Waals surface area contributed by atoms with Crippen molar-refractivity contribution in [2.24, 2.45) is 0 Å². The van der Waals surface area contributed by atoms with Crippen LogP contribution in [0, 0.1) is 0 Å². The molecule has 0 aliphatic heterocycles. The lowest BCUT2D eigenvalue weighted by Gasteiger charge is -2.28. The molecule has 120 valence electrons. The normalized spacial score (nSPS) is 12.2. The van der Waals surface area contributed by atoms with E-state index in [4.69, 9.17) is 10.5 Å². The number of carbonyl (C=O) groups is 1. The van der Waals surface area contributed by atoms with E-state index in [-0.39, 0.29) is 11.9 Å². The molecule has 1 aromatic rings. The van der Waals surface area contributed by atoms with Crippen LogP contribution in [0.15, 0.2) is 0 Å². The quantitative estimate of drug-likeness (QED) is 0.795. The molecule has 6 nitrogen and oxygen atoms in total. The molecule has 0 spiro atoms. The lowest BCUT2D eigenvalue weighted by molar-refractivity contribution is 0.0619. The van der Waals surface area contributed by atoms with E-state index in [9.17, 15) is 4.79 Å². The van der Waals surface area contributed by atoms with Gasteiger partial charge in [-0.2, -0.15) is 0 Å². The summed E-state index contributed by atoms with van der Waals surface area (Å²) in [5.41, 5.74) is 5.94. The average molecular weight is 314 g/mol. The summed E-state index contributed by atoms with van der Waals surface area (Å²) < 4.78 is 5.10. The Morgan fingerprint density at radius 3 is 2.67 bits per heavy atom. The van der Waals surface area contributed by atoms with Crippen molar-refractivity contribution in [3.63, 3.8) is 0 Å². The number of nitrogens with two attached hydrogens (primary N) is 1. The number of carbonyl (C=O) groups excluding carboxylic acids is 1. The van der Waals surface area contributed by atoms with Crippen molar-refractivity contribution in [1.29, 1.82) is 0 Å². The van der Waals surface area contributed by atoms with Crippen LogP contribution in [0.3, 0.4) is 0 Å². The smallest absolute Gasteiger partial charge is 0.268 e. The number of thiazole rings is 1. The van der Waals surface area contributed by atoms with E-state index in [2.05, 4.69) is 11.9 Å². The molecule has 0 aliphatic carbocycles. The first-order valence-electron chi connectivity index (χ1n) is 7.23. The summed E-state index contributed by atoms with van der Waals surface area (Å²) in [6.45, 7) is 8.01. The van der Waals surface area contributed by atoms with Crippen molar-refractivity contribution in [2.45, 2.75) is 33.2 Å². The van der Waals surface area contributed by atoms with Crippen molar-refractivity contribution in [3.05, 3.63) is 4.88 Å². The van der Waals surface area contributed by atoms with E-state index >= 15 is 0 Å². The van der Waals surface area contributed by atoms with Gasteiger partial charge in [0.1, 0.15) is 10.7 Å². The van der Waals surface area contributed by atoms with Crippen molar-refractivity contribution < 1.29 is 9.53 Å². The van der Waals surface area contributed by atoms with Gasteiger partial charge < -0.3 is 20.3 Å². The minimum absolute atomic E-state index is 0.0628. The molecular weight excluding hydrogens is 288 g/mol. The highest BCUT2D eigenvalue weighted by Crippen LogP contribution is 2.29. The SMILES string of the molecule is CCC(C)N(CCOC)C(=O)c1sc(N(C)CC)nc1N. The van der Waals surface area contributed by atoms with Crippen LogP contribution in [0.4, 0.5) is 10.9 Å². The van der Waals surface area contributed by atoms with Gasteiger partial charge in [-0.3, -0.25) is 4.79 Å². The van der Waals surface area contributed by atoms with Crippen molar-refractivity contribution in [2.75, 3.05) is 44.5 Å². The molecule has 1 atom stereocenters. The Hall–Kier alpha value is -1.34. The zero-order valence-corrected chi connectivity index (χ0v) is 14.4. The largest absolute Gasteiger partial charge is 0.383 e. The highest BCUT2D eigenvalue weighted by Gasteiger charge is 2.25. The Labute approximate surface area is 130 Å². The van der Waals surface area contributed by atoms with Gasteiger partial charge in [-0.1, -0.05) is 18.3 Å². The van der Waals surface area contributed by atoms with Crippen LogP contribution in [0.1, 0.15) is 36.9 Å². The zero-order valence-electron chi connectivity index (χ0n) is 13.5. The van der Waals surface area contributed by atoms with Crippen molar-refractivity contribution >= 4 is 28.2 Å². The number of nitrogens with zero attached hydrogens (tertiary/aromatic N) is 3. The number of ether oxygens (including phenoxy) is 1. The predicted molar refractivity (Wildman–Crippen MR) is 88.1 cm³/mol. The Morgan fingerprint density at radius 2 is 2.14 bits per heavy atom. The summed E-state index contributed by atoms with van der Waals surface area (Å²) in [6, 6.07) is 0.140. The third-order valence-corrected chi connectivity index (χ3v) is 4.73. The van der Waals surface area contributed by atoms with Gasteiger partial charge in [0.05, 0.1) is 6.61 Å². The molecular formula is C14H26N4O2S. The van der Waals surface area contributed by atoms with E-state index in [0.717, 1.165) is 18.1 Å². The number of amides is 1. The zero-order chi connectivity index (χ0) is 16.0. The maximum absolute atomic E-state index is 12.7. The Morgan fingerprint density at radius 1 is 1.48 bits per heavy atom. The highest BCUT2D eigenvalue weighted by atomic mass is 32.1. The number of anilines is 2. The van der Waals surface area contributed by atoms with Gasteiger partial charge >= 0.3 is 0 Å². The van der Waals surface area contributed by atoms with Gasteiger partial charge in [0.2, 0.25) is 0 Å². The lowest BCUT2D eigenvalue weighted by Crippen LogP contribution is -2.40. The van der Waals surface area contributed by atoms with Crippen LogP contribution in [0.5, 0.6) is 0 Å². The third-order valence-electron chi connectivity index (χ3n) is 3.56. The fourth-order valence-corrected chi connectivity index (χ4v) is 2.80. The van der Waals surface area contributed by atoms with Crippen LogP contribution < -0.4 is 10.6 Å². The van der Waals surface area contributed by atoms with E-state index in [1.165, 1.54) is 11.3 Å². The van der Waals surface area contributed by atoms with Crippen LogP contribution in [-0.4, -0.2) is 55.7 Å². The Balaban J connectivity index is 3.00. The topological polar surface area (TPSA) is 71.7 Å². The van der Waals surface area contributed by atoms with Gasteiger partial charge in [0, 0.05) is 33.3 Å². The minimum atomic E-state index is -0.0628. The van der Waals surface area contributed by atoms with Crippen LogP contribution in [0.25, 0.3) is 0 Å². The first-order valence-corrected chi connectivity index (χ1v) is 8.05. The molecule has 2 N–H and O–H groups in total. The van der Waals surface area contributed by atoms with Gasteiger partial charge in [0.15, 0.2) is 5.13 Å². The molecule has 1 aromatic heterocycles. The summed E-state index contributed by atoms with van der Waals surface area (Å²) in [5, 5.41) is 0.772. The highest BCUT2D eigenvalue weighted by molar-refractivity contribution is 7.18. The van der Waals surface area contributed by atoms with Crippen LogP contribution in [-0.2, 0) is 4.74 Å². The molecule has 0 bridgehead atoms. The van der Waals surface area contributed by atoms with Gasteiger partial charge in [-0.25, -0.2) is 4.98 Å². The average Bonchev–Trinajstić information content (AvgIpc) is 2.88. The molecule has 0 aliphatic rings. The summed E-state index contributed by atoms with van der Waals surface area (Å²) in [5.74, 6) is 0.248. The predicted octanol–water partition coefficient (Wildman–Crippen LogP) is 2.07. The maximum Gasteiger partial charge on any atom is 0.268 e. The van der Waals surface area contributed by atoms with Crippen molar-refractivity contribution in [1.82, 2.24) is 9.88 Å².